The molecule has 1 amide bonds. The Balaban J connectivity index is 2.91. The summed E-state index contributed by atoms with van der Waals surface area (Å²) in [4.78, 5) is 12.2. The molecule has 0 aromatic heterocycles. The first-order chi connectivity index (χ1) is 10.7. The molecule has 126 valence electrons. The van der Waals surface area contributed by atoms with Crippen molar-refractivity contribution in [2.45, 2.75) is 70.0 Å². The lowest BCUT2D eigenvalue weighted by atomic mass is 10.3. The Bertz CT molecular complexity index is 560. The van der Waals surface area contributed by atoms with Crippen LogP contribution in [0.25, 0.3) is 0 Å². The van der Waals surface area contributed by atoms with Gasteiger partial charge in [-0.1, -0.05) is 41.5 Å². The number of rotatable bonds is 5. The summed E-state index contributed by atoms with van der Waals surface area (Å²) >= 11 is 1.59. The van der Waals surface area contributed by atoms with Crippen LogP contribution in [0.2, 0.25) is 16.6 Å². The number of benzene rings is 1. The van der Waals surface area contributed by atoms with Crippen LogP contribution in [0.15, 0.2) is 29.2 Å². The summed E-state index contributed by atoms with van der Waals surface area (Å²) < 4.78 is 0. The SMILES string of the molecule is CC(=O)Nc1ccc(SC#C[Si](C(C)C)(C(C)C)C(C)C)cc1. The van der Waals surface area contributed by atoms with Crippen LogP contribution in [0.3, 0.4) is 0 Å². The second-order valence-electron chi connectivity index (χ2n) is 6.93. The van der Waals surface area contributed by atoms with Gasteiger partial charge in [-0.05, 0) is 57.9 Å². The van der Waals surface area contributed by atoms with Gasteiger partial charge in [0.2, 0.25) is 5.91 Å². The van der Waals surface area contributed by atoms with Crippen LogP contribution < -0.4 is 5.32 Å². The van der Waals surface area contributed by atoms with Crippen molar-refractivity contribution < 1.29 is 4.79 Å². The highest BCUT2D eigenvalue weighted by Gasteiger charge is 2.41. The van der Waals surface area contributed by atoms with Crippen LogP contribution in [0, 0.1) is 10.8 Å². The molecule has 0 heterocycles. The molecular formula is C19H29NOSSi. The quantitative estimate of drug-likeness (QED) is 0.407. The Kier molecular flexibility index (Phi) is 7.43. The molecule has 23 heavy (non-hydrogen) atoms. The van der Waals surface area contributed by atoms with Crippen molar-refractivity contribution in [3.05, 3.63) is 24.3 Å². The number of hydrogen-bond acceptors (Lipinski definition) is 2. The molecule has 0 fully saturated rings. The van der Waals surface area contributed by atoms with E-state index in [1.54, 1.807) is 11.8 Å². The third-order valence-electron chi connectivity index (χ3n) is 4.48. The first-order valence-electron chi connectivity index (χ1n) is 8.26. The van der Waals surface area contributed by atoms with Gasteiger partial charge in [0, 0.05) is 17.5 Å². The van der Waals surface area contributed by atoms with Crippen molar-refractivity contribution in [2.75, 3.05) is 5.32 Å². The minimum Gasteiger partial charge on any atom is -0.326 e. The van der Waals surface area contributed by atoms with Gasteiger partial charge in [0.25, 0.3) is 0 Å². The topological polar surface area (TPSA) is 29.1 Å². The maximum absolute atomic E-state index is 11.0. The minimum absolute atomic E-state index is 0.0493. The fourth-order valence-corrected chi connectivity index (χ4v) is 9.58. The van der Waals surface area contributed by atoms with Crippen molar-refractivity contribution in [1.82, 2.24) is 0 Å². The van der Waals surface area contributed by atoms with Crippen LogP contribution in [0.4, 0.5) is 5.69 Å². The lowest BCUT2D eigenvalue weighted by Crippen LogP contribution is -2.43. The zero-order valence-corrected chi connectivity index (χ0v) is 17.2. The number of carbonyl (C=O) groups excluding carboxylic acids is 1. The van der Waals surface area contributed by atoms with Crippen molar-refractivity contribution in [3.8, 4) is 10.8 Å². The average molecular weight is 348 g/mol. The number of hydrogen-bond donors (Lipinski definition) is 1. The Labute approximate surface area is 146 Å². The van der Waals surface area contributed by atoms with Gasteiger partial charge in [-0.2, -0.15) is 0 Å². The highest BCUT2D eigenvalue weighted by Crippen LogP contribution is 2.41. The minimum atomic E-state index is -1.65. The Morgan fingerprint density at radius 3 is 1.87 bits per heavy atom. The smallest absolute Gasteiger partial charge is 0.221 e. The van der Waals surface area contributed by atoms with Crippen LogP contribution in [0.5, 0.6) is 0 Å². The molecule has 1 aromatic rings. The van der Waals surface area contributed by atoms with Gasteiger partial charge in [0.1, 0.15) is 8.07 Å². The van der Waals surface area contributed by atoms with Crippen LogP contribution in [-0.4, -0.2) is 14.0 Å². The van der Waals surface area contributed by atoms with Gasteiger partial charge in [-0.3, -0.25) is 4.79 Å². The highest BCUT2D eigenvalue weighted by atomic mass is 32.2. The predicted molar refractivity (Wildman–Crippen MR) is 105 cm³/mol. The first kappa shape index (κ1) is 19.9. The molecule has 0 atom stereocenters. The first-order valence-corrected chi connectivity index (χ1v) is 11.3. The number of nitrogens with one attached hydrogen (secondary N) is 1. The van der Waals surface area contributed by atoms with E-state index in [1.165, 1.54) is 6.92 Å². The molecule has 1 aromatic carbocycles. The summed E-state index contributed by atoms with van der Waals surface area (Å²) in [5, 5.41) is 6.17. The third kappa shape index (κ3) is 5.15. The zero-order valence-electron chi connectivity index (χ0n) is 15.4. The Morgan fingerprint density at radius 1 is 1.00 bits per heavy atom. The van der Waals surface area contributed by atoms with Crippen molar-refractivity contribution >= 4 is 31.4 Å². The summed E-state index contributed by atoms with van der Waals surface area (Å²) in [6, 6.07) is 7.86. The van der Waals surface area contributed by atoms with Crippen molar-refractivity contribution in [2.24, 2.45) is 0 Å². The van der Waals surface area contributed by atoms with E-state index in [1.807, 2.05) is 24.3 Å². The second kappa shape index (κ2) is 8.61. The van der Waals surface area contributed by atoms with Crippen molar-refractivity contribution in [1.29, 1.82) is 0 Å². The summed E-state index contributed by atoms with van der Waals surface area (Å²) in [6.07, 6.45) is 0. The number of amides is 1. The molecule has 0 radical (unpaired) electrons. The molecule has 2 nitrogen and oxygen atoms in total. The van der Waals surface area contributed by atoms with E-state index < -0.39 is 8.07 Å². The van der Waals surface area contributed by atoms with E-state index >= 15 is 0 Å². The number of carbonyl (C=O) groups is 1. The van der Waals surface area contributed by atoms with Crippen LogP contribution in [-0.2, 0) is 4.79 Å². The van der Waals surface area contributed by atoms with Crippen LogP contribution >= 0.6 is 11.8 Å². The molecule has 0 saturated carbocycles. The van der Waals surface area contributed by atoms with Gasteiger partial charge in [0.05, 0.1) is 0 Å². The summed E-state index contributed by atoms with van der Waals surface area (Å²) in [5.74, 6) is -0.0493. The van der Waals surface area contributed by atoms with Gasteiger partial charge in [0.15, 0.2) is 0 Å². The lowest BCUT2D eigenvalue weighted by Gasteiger charge is -2.37. The lowest BCUT2D eigenvalue weighted by molar-refractivity contribution is -0.114. The molecule has 0 aliphatic rings. The fraction of sp³-hybridized carbons (Fsp3) is 0.526. The van der Waals surface area contributed by atoms with Gasteiger partial charge in [-0.25, -0.2) is 0 Å². The second-order valence-corrected chi connectivity index (χ2v) is 13.4. The molecule has 0 aliphatic carbocycles. The molecule has 1 rings (SSSR count). The largest absolute Gasteiger partial charge is 0.326 e. The maximum Gasteiger partial charge on any atom is 0.221 e. The standard InChI is InChI=1S/C19H29NOSSi/c1-14(2)23(15(3)4,16(5)6)13-12-22-19-10-8-18(9-11-19)20-17(7)21/h8-11,14-16H,1-7H3,(H,20,21). The number of thioether (sulfide) groups is 1. The monoisotopic (exact) mass is 347 g/mol. The summed E-state index contributed by atoms with van der Waals surface area (Å²) in [6.45, 7) is 15.5. The molecular weight excluding hydrogens is 318 g/mol. The highest BCUT2D eigenvalue weighted by molar-refractivity contribution is 8.04. The van der Waals surface area contributed by atoms with Gasteiger partial charge < -0.3 is 5.32 Å². The molecule has 0 spiro atoms. The van der Waals surface area contributed by atoms with E-state index in [4.69, 9.17) is 0 Å². The normalized spacial score (nSPS) is 11.6. The van der Waals surface area contributed by atoms with E-state index in [2.05, 4.69) is 57.7 Å². The average Bonchev–Trinajstić information content (AvgIpc) is 2.43. The maximum atomic E-state index is 11.0. The molecule has 0 bridgehead atoms. The van der Waals surface area contributed by atoms with E-state index in [-0.39, 0.29) is 5.91 Å². The number of anilines is 1. The Hall–Kier alpha value is -1.18. The Morgan fingerprint density at radius 2 is 1.48 bits per heavy atom. The van der Waals surface area contributed by atoms with Gasteiger partial charge in [-0.15, -0.1) is 5.54 Å². The van der Waals surface area contributed by atoms with Crippen molar-refractivity contribution in [3.63, 3.8) is 0 Å². The summed E-state index contributed by atoms with van der Waals surface area (Å²) in [5.41, 5.74) is 6.49. The zero-order chi connectivity index (χ0) is 17.6. The van der Waals surface area contributed by atoms with E-state index in [0.717, 1.165) is 10.6 Å². The van der Waals surface area contributed by atoms with Crippen LogP contribution in [0.1, 0.15) is 48.5 Å². The van der Waals surface area contributed by atoms with E-state index in [0.29, 0.717) is 16.6 Å². The predicted octanol–water partition coefficient (Wildman–Crippen LogP) is 5.92. The third-order valence-corrected chi connectivity index (χ3v) is 11.7. The van der Waals surface area contributed by atoms with E-state index in [9.17, 15) is 4.79 Å². The molecule has 4 heteroatoms. The van der Waals surface area contributed by atoms with Gasteiger partial charge >= 0.3 is 0 Å². The fourth-order valence-electron chi connectivity index (χ4n) is 3.42. The molecule has 0 aliphatic heterocycles. The molecule has 0 unspecified atom stereocenters. The summed E-state index contributed by atoms with van der Waals surface area (Å²) in [7, 11) is -1.65. The molecule has 1 N–H and O–H groups in total. The molecule has 0 saturated heterocycles.